The second-order valence-corrected chi connectivity index (χ2v) is 8.05. The highest BCUT2D eigenvalue weighted by molar-refractivity contribution is 7.13. The van der Waals surface area contributed by atoms with E-state index in [1.807, 2.05) is 23.6 Å². The minimum atomic E-state index is -0.0290. The fraction of sp³-hybridized carbons (Fsp3) is 0.381. The molecule has 8 nitrogen and oxygen atoms in total. The molecule has 1 fully saturated rings. The quantitative estimate of drug-likeness (QED) is 0.614. The van der Waals surface area contributed by atoms with Crippen LogP contribution in [0.5, 0.6) is 11.5 Å². The number of benzene rings is 1. The molecule has 2 aromatic heterocycles. The summed E-state index contributed by atoms with van der Waals surface area (Å²) in [6.07, 6.45) is 1.57. The summed E-state index contributed by atoms with van der Waals surface area (Å²) >= 11 is 1.59. The fourth-order valence-electron chi connectivity index (χ4n) is 3.53. The Bertz CT molecular complexity index is 981. The Morgan fingerprint density at radius 2 is 2.03 bits per heavy atom. The predicted octanol–water partition coefficient (Wildman–Crippen LogP) is 3.67. The van der Waals surface area contributed by atoms with Crippen LogP contribution in [-0.4, -0.2) is 48.3 Å². The third kappa shape index (κ3) is 4.63. The van der Waals surface area contributed by atoms with Gasteiger partial charge >= 0.3 is 0 Å². The van der Waals surface area contributed by atoms with Gasteiger partial charge in [0, 0.05) is 17.7 Å². The van der Waals surface area contributed by atoms with Gasteiger partial charge in [-0.15, -0.1) is 11.3 Å². The Balaban J connectivity index is 1.28. The molecule has 1 amide bonds. The van der Waals surface area contributed by atoms with Gasteiger partial charge in [-0.2, -0.15) is 4.98 Å². The monoisotopic (exact) mass is 428 g/mol. The number of carbonyl (C=O) groups excluding carboxylic acids is 1. The first kappa shape index (κ1) is 20.4. The molecule has 1 saturated heterocycles. The van der Waals surface area contributed by atoms with Crippen LogP contribution in [0.25, 0.3) is 10.7 Å². The van der Waals surface area contributed by atoms with E-state index in [1.165, 1.54) is 0 Å². The van der Waals surface area contributed by atoms with E-state index in [0.29, 0.717) is 35.4 Å². The van der Waals surface area contributed by atoms with Crippen molar-refractivity contribution >= 4 is 22.9 Å². The normalized spacial score (nSPS) is 15.1. The first-order valence-electron chi connectivity index (χ1n) is 9.78. The highest BCUT2D eigenvalue weighted by Gasteiger charge is 2.26. The molecular formula is C21H24N4O4S. The maximum Gasteiger partial charge on any atom is 0.241 e. The zero-order valence-corrected chi connectivity index (χ0v) is 17.8. The predicted molar refractivity (Wildman–Crippen MR) is 114 cm³/mol. The van der Waals surface area contributed by atoms with E-state index >= 15 is 0 Å². The van der Waals surface area contributed by atoms with E-state index in [2.05, 4.69) is 20.4 Å². The van der Waals surface area contributed by atoms with Gasteiger partial charge in [0.05, 0.1) is 25.6 Å². The number of anilines is 1. The van der Waals surface area contributed by atoms with Crippen LogP contribution in [0.15, 0.2) is 40.2 Å². The van der Waals surface area contributed by atoms with Gasteiger partial charge in [-0.25, -0.2) is 0 Å². The van der Waals surface area contributed by atoms with Crippen molar-refractivity contribution in [2.45, 2.75) is 19.4 Å². The molecular weight excluding hydrogens is 404 g/mol. The summed E-state index contributed by atoms with van der Waals surface area (Å²) in [6, 6.07) is 9.31. The zero-order valence-electron chi connectivity index (χ0n) is 17.0. The average Bonchev–Trinajstić information content (AvgIpc) is 3.46. The number of hydrogen-bond acceptors (Lipinski definition) is 8. The summed E-state index contributed by atoms with van der Waals surface area (Å²) in [4.78, 5) is 20.4. The SMILES string of the molecule is COc1ccc(NC(=O)C2CCN(Cc3nc(-c4cccs4)no3)CC2)cc1OC. The van der Waals surface area contributed by atoms with E-state index in [9.17, 15) is 4.79 Å². The molecule has 9 heteroatoms. The van der Waals surface area contributed by atoms with Crippen LogP contribution in [0.3, 0.4) is 0 Å². The largest absolute Gasteiger partial charge is 0.493 e. The van der Waals surface area contributed by atoms with Crippen LogP contribution in [0.2, 0.25) is 0 Å². The second-order valence-electron chi connectivity index (χ2n) is 7.10. The number of aromatic nitrogens is 2. The van der Waals surface area contributed by atoms with Crippen LogP contribution >= 0.6 is 11.3 Å². The molecule has 0 aliphatic carbocycles. The number of amides is 1. The summed E-state index contributed by atoms with van der Waals surface area (Å²) in [6.45, 7) is 2.21. The van der Waals surface area contributed by atoms with Crippen molar-refractivity contribution in [1.29, 1.82) is 0 Å². The van der Waals surface area contributed by atoms with Crippen molar-refractivity contribution in [1.82, 2.24) is 15.0 Å². The highest BCUT2D eigenvalue weighted by atomic mass is 32.1. The second kappa shape index (κ2) is 9.27. The molecule has 0 radical (unpaired) electrons. The molecule has 1 aromatic carbocycles. The molecule has 1 N–H and O–H groups in total. The number of hydrogen-bond donors (Lipinski definition) is 1. The van der Waals surface area contributed by atoms with Crippen molar-refractivity contribution in [3.63, 3.8) is 0 Å². The maximum absolute atomic E-state index is 12.7. The summed E-state index contributed by atoms with van der Waals surface area (Å²) in [5.41, 5.74) is 0.701. The van der Waals surface area contributed by atoms with E-state index in [0.717, 1.165) is 30.8 Å². The standard InChI is InChI=1S/C21H24N4O4S/c1-27-16-6-5-15(12-17(16)28-2)22-21(26)14-7-9-25(10-8-14)13-19-23-20(24-29-19)18-4-3-11-30-18/h3-6,11-12,14H,7-10,13H2,1-2H3,(H,22,26). The lowest BCUT2D eigenvalue weighted by Crippen LogP contribution is -2.37. The van der Waals surface area contributed by atoms with Crippen LogP contribution in [-0.2, 0) is 11.3 Å². The number of rotatable bonds is 7. The summed E-state index contributed by atoms with van der Waals surface area (Å²) in [5.74, 6) is 2.45. The van der Waals surface area contributed by atoms with Crippen LogP contribution < -0.4 is 14.8 Å². The van der Waals surface area contributed by atoms with Crippen molar-refractivity contribution in [3.05, 3.63) is 41.6 Å². The number of ether oxygens (including phenoxy) is 2. The molecule has 0 spiro atoms. The number of piperidine rings is 1. The molecule has 3 aromatic rings. The molecule has 0 saturated carbocycles. The molecule has 3 heterocycles. The first-order chi connectivity index (χ1) is 14.7. The molecule has 0 unspecified atom stereocenters. The Morgan fingerprint density at radius 3 is 2.73 bits per heavy atom. The third-order valence-corrected chi connectivity index (χ3v) is 6.04. The van der Waals surface area contributed by atoms with Gasteiger partial charge in [0.25, 0.3) is 0 Å². The van der Waals surface area contributed by atoms with E-state index in [1.54, 1.807) is 37.7 Å². The van der Waals surface area contributed by atoms with Gasteiger partial charge in [-0.05, 0) is 49.5 Å². The third-order valence-electron chi connectivity index (χ3n) is 5.18. The first-order valence-corrected chi connectivity index (χ1v) is 10.7. The Labute approximate surface area is 178 Å². The molecule has 158 valence electrons. The van der Waals surface area contributed by atoms with Gasteiger partial charge in [-0.3, -0.25) is 9.69 Å². The van der Waals surface area contributed by atoms with Crippen molar-refractivity contribution in [3.8, 4) is 22.2 Å². The van der Waals surface area contributed by atoms with E-state index in [4.69, 9.17) is 14.0 Å². The van der Waals surface area contributed by atoms with Crippen LogP contribution in [0, 0.1) is 5.92 Å². The number of nitrogens with zero attached hydrogens (tertiary/aromatic N) is 3. The molecule has 0 bridgehead atoms. The Kier molecular flexibility index (Phi) is 6.29. The molecule has 4 rings (SSSR count). The van der Waals surface area contributed by atoms with Crippen LogP contribution in [0.1, 0.15) is 18.7 Å². The summed E-state index contributed by atoms with van der Waals surface area (Å²) in [5, 5.41) is 9.03. The molecule has 1 aliphatic heterocycles. The fourth-order valence-corrected chi connectivity index (χ4v) is 4.18. The van der Waals surface area contributed by atoms with Crippen LogP contribution in [0.4, 0.5) is 5.69 Å². The number of nitrogens with one attached hydrogen (secondary N) is 1. The summed E-state index contributed by atoms with van der Waals surface area (Å²) in [7, 11) is 3.16. The minimum absolute atomic E-state index is 0.0274. The van der Waals surface area contributed by atoms with Gasteiger partial charge in [-0.1, -0.05) is 11.2 Å². The zero-order chi connectivity index (χ0) is 20.9. The lowest BCUT2D eigenvalue weighted by molar-refractivity contribution is -0.121. The smallest absolute Gasteiger partial charge is 0.241 e. The molecule has 30 heavy (non-hydrogen) atoms. The minimum Gasteiger partial charge on any atom is -0.493 e. The van der Waals surface area contributed by atoms with E-state index < -0.39 is 0 Å². The lowest BCUT2D eigenvalue weighted by Gasteiger charge is -2.30. The maximum atomic E-state index is 12.7. The molecule has 0 atom stereocenters. The van der Waals surface area contributed by atoms with Gasteiger partial charge in [0.2, 0.25) is 17.6 Å². The average molecular weight is 429 g/mol. The number of thiophene rings is 1. The van der Waals surface area contributed by atoms with Gasteiger partial charge in [0.15, 0.2) is 11.5 Å². The summed E-state index contributed by atoms with van der Waals surface area (Å²) < 4.78 is 15.9. The van der Waals surface area contributed by atoms with Crippen molar-refractivity contribution < 1.29 is 18.8 Å². The Morgan fingerprint density at radius 1 is 1.23 bits per heavy atom. The number of methoxy groups -OCH3 is 2. The van der Waals surface area contributed by atoms with Crippen molar-refractivity contribution in [2.24, 2.45) is 5.92 Å². The lowest BCUT2D eigenvalue weighted by atomic mass is 9.96. The Hall–Kier alpha value is -2.91. The number of carbonyl (C=O) groups is 1. The van der Waals surface area contributed by atoms with Gasteiger partial charge < -0.3 is 19.3 Å². The number of likely N-dealkylation sites (tertiary alicyclic amines) is 1. The topological polar surface area (TPSA) is 89.7 Å². The van der Waals surface area contributed by atoms with E-state index in [-0.39, 0.29) is 11.8 Å². The van der Waals surface area contributed by atoms with Gasteiger partial charge in [0.1, 0.15) is 0 Å². The highest BCUT2D eigenvalue weighted by Crippen LogP contribution is 2.30. The molecule has 1 aliphatic rings. The van der Waals surface area contributed by atoms with Crippen molar-refractivity contribution in [2.75, 3.05) is 32.6 Å².